The number of anilines is 1. The van der Waals surface area contributed by atoms with Crippen molar-refractivity contribution < 1.29 is 9.53 Å². The van der Waals surface area contributed by atoms with Gasteiger partial charge >= 0.3 is 6.09 Å². The summed E-state index contributed by atoms with van der Waals surface area (Å²) in [6.45, 7) is 1.08. The first-order chi connectivity index (χ1) is 7.31. The number of pyridine rings is 1. The van der Waals surface area contributed by atoms with Gasteiger partial charge < -0.3 is 10.5 Å². The minimum absolute atomic E-state index is 0.0947. The summed E-state index contributed by atoms with van der Waals surface area (Å²) >= 11 is 0. The summed E-state index contributed by atoms with van der Waals surface area (Å²) in [4.78, 5) is 17.0. The van der Waals surface area contributed by atoms with E-state index in [0.717, 1.165) is 5.69 Å². The Morgan fingerprint density at radius 2 is 2.53 bits per heavy atom. The Bertz CT molecular complexity index is 342. The third kappa shape index (κ3) is 2.07. The molecular weight excluding hydrogens is 194 g/mol. The first-order valence-corrected chi connectivity index (χ1v) is 4.89. The Labute approximate surface area is 87.8 Å². The molecular formula is C10H13N3O2. The van der Waals surface area contributed by atoms with E-state index >= 15 is 0 Å². The summed E-state index contributed by atoms with van der Waals surface area (Å²) in [6.07, 6.45) is 3.60. The van der Waals surface area contributed by atoms with Gasteiger partial charge in [0.1, 0.15) is 6.10 Å². The van der Waals surface area contributed by atoms with Crippen LogP contribution in [0.5, 0.6) is 0 Å². The van der Waals surface area contributed by atoms with Crippen LogP contribution in [0.1, 0.15) is 6.42 Å². The van der Waals surface area contributed by atoms with E-state index in [9.17, 15) is 4.79 Å². The number of carbonyl (C=O) groups excluding carboxylic acids is 1. The molecule has 0 spiro atoms. The van der Waals surface area contributed by atoms with Crippen LogP contribution in [0.2, 0.25) is 0 Å². The van der Waals surface area contributed by atoms with E-state index in [1.165, 1.54) is 0 Å². The molecule has 1 aromatic rings. The van der Waals surface area contributed by atoms with Gasteiger partial charge in [0, 0.05) is 6.20 Å². The molecule has 2 N–H and O–H groups in total. The molecule has 0 aliphatic carbocycles. The van der Waals surface area contributed by atoms with Crippen LogP contribution in [0.25, 0.3) is 0 Å². The molecule has 1 saturated heterocycles. The summed E-state index contributed by atoms with van der Waals surface area (Å²) in [7, 11) is 0. The zero-order valence-electron chi connectivity index (χ0n) is 8.30. The Morgan fingerprint density at radius 1 is 1.67 bits per heavy atom. The van der Waals surface area contributed by atoms with E-state index in [4.69, 9.17) is 10.5 Å². The Balaban J connectivity index is 2.09. The van der Waals surface area contributed by atoms with Gasteiger partial charge in [-0.05, 0) is 25.1 Å². The first kappa shape index (κ1) is 9.92. The number of amides is 1. The second-order valence-electron chi connectivity index (χ2n) is 3.40. The number of nitrogens with two attached hydrogens (primary N) is 1. The highest BCUT2D eigenvalue weighted by Crippen LogP contribution is 2.21. The molecule has 0 bridgehead atoms. The van der Waals surface area contributed by atoms with Gasteiger partial charge in [0.15, 0.2) is 0 Å². The number of hydrogen-bond acceptors (Lipinski definition) is 4. The number of hydrogen-bond donors (Lipinski definition) is 1. The highest BCUT2D eigenvalue weighted by Gasteiger charge is 2.31. The van der Waals surface area contributed by atoms with Gasteiger partial charge in [0.05, 0.1) is 18.4 Å². The summed E-state index contributed by atoms with van der Waals surface area (Å²) in [5, 5.41) is 0. The monoisotopic (exact) mass is 207 g/mol. The SMILES string of the molecule is NCCC1CN(c2cccnc2)C(=O)O1. The standard InChI is InChI=1S/C10H13N3O2/c11-4-3-9-7-13(10(14)15-9)8-2-1-5-12-6-8/h1-2,5-6,9H,3-4,7,11H2. The summed E-state index contributed by atoms with van der Waals surface area (Å²) < 4.78 is 5.15. The van der Waals surface area contributed by atoms with Crippen LogP contribution in [0.15, 0.2) is 24.5 Å². The maximum atomic E-state index is 11.5. The lowest BCUT2D eigenvalue weighted by Gasteiger charge is -2.11. The largest absolute Gasteiger partial charge is 0.444 e. The van der Waals surface area contributed by atoms with E-state index in [1.54, 1.807) is 23.4 Å². The number of ether oxygens (including phenoxy) is 1. The lowest BCUT2D eigenvalue weighted by atomic mass is 10.2. The van der Waals surface area contributed by atoms with Crippen molar-refractivity contribution in [1.82, 2.24) is 4.98 Å². The minimum Gasteiger partial charge on any atom is -0.444 e. The van der Waals surface area contributed by atoms with Crippen molar-refractivity contribution >= 4 is 11.8 Å². The Kier molecular flexibility index (Phi) is 2.82. The third-order valence-electron chi connectivity index (χ3n) is 2.32. The zero-order chi connectivity index (χ0) is 10.7. The van der Waals surface area contributed by atoms with Crippen LogP contribution in [0.4, 0.5) is 10.5 Å². The topological polar surface area (TPSA) is 68.5 Å². The fourth-order valence-corrected chi connectivity index (χ4v) is 1.58. The molecule has 1 aliphatic rings. The van der Waals surface area contributed by atoms with Crippen LogP contribution in [0.3, 0.4) is 0 Å². The fraction of sp³-hybridized carbons (Fsp3) is 0.400. The van der Waals surface area contributed by atoms with Crippen molar-refractivity contribution in [3.8, 4) is 0 Å². The van der Waals surface area contributed by atoms with Crippen molar-refractivity contribution in [2.75, 3.05) is 18.0 Å². The van der Waals surface area contributed by atoms with Crippen LogP contribution in [0, 0.1) is 0 Å². The second kappa shape index (κ2) is 4.27. The smallest absolute Gasteiger partial charge is 0.414 e. The van der Waals surface area contributed by atoms with Crippen LogP contribution in [-0.2, 0) is 4.74 Å². The molecule has 80 valence electrons. The minimum atomic E-state index is -0.318. The van der Waals surface area contributed by atoms with Gasteiger partial charge in [0.25, 0.3) is 0 Å². The van der Waals surface area contributed by atoms with E-state index in [1.807, 2.05) is 6.07 Å². The molecule has 1 aliphatic heterocycles. The van der Waals surface area contributed by atoms with Crippen molar-refractivity contribution in [1.29, 1.82) is 0 Å². The van der Waals surface area contributed by atoms with Crippen LogP contribution in [-0.4, -0.2) is 30.3 Å². The molecule has 5 nitrogen and oxygen atoms in total. The molecule has 0 radical (unpaired) electrons. The zero-order valence-corrected chi connectivity index (χ0v) is 8.30. The van der Waals surface area contributed by atoms with Gasteiger partial charge in [-0.2, -0.15) is 0 Å². The maximum Gasteiger partial charge on any atom is 0.414 e. The quantitative estimate of drug-likeness (QED) is 0.794. The summed E-state index contributed by atoms with van der Waals surface area (Å²) in [5.74, 6) is 0. The lowest BCUT2D eigenvalue weighted by molar-refractivity contribution is 0.138. The Hall–Kier alpha value is -1.62. The van der Waals surface area contributed by atoms with Crippen molar-refractivity contribution in [2.24, 2.45) is 5.73 Å². The van der Waals surface area contributed by atoms with E-state index < -0.39 is 0 Å². The molecule has 1 amide bonds. The lowest BCUT2D eigenvalue weighted by Crippen LogP contribution is -2.25. The molecule has 1 atom stereocenters. The molecule has 15 heavy (non-hydrogen) atoms. The molecule has 0 aromatic carbocycles. The van der Waals surface area contributed by atoms with Crippen molar-refractivity contribution in [3.63, 3.8) is 0 Å². The number of carbonyl (C=O) groups is 1. The average molecular weight is 207 g/mol. The number of rotatable bonds is 3. The average Bonchev–Trinajstić information content (AvgIpc) is 2.61. The number of nitrogens with zero attached hydrogens (tertiary/aromatic N) is 2. The maximum absolute atomic E-state index is 11.5. The molecule has 0 saturated carbocycles. The summed E-state index contributed by atoms with van der Waals surface area (Å²) in [5.41, 5.74) is 6.18. The molecule has 5 heteroatoms. The van der Waals surface area contributed by atoms with Crippen LogP contribution >= 0.6 is 0 Å². The second-order valence-corrected chi connectivity index (χ2v) is 3.40. The fourth-order valence-electron chi connectivity index (χ4n) is 1.58. The summed E-state index contributed by atoms with van der Waals surface area (Å²) in [6, 6.07) is 3.62. The third-order valence-corrected chi connectivity index (χ3v) is 2.32. The van der Waals surface area contributed by atoms with Crippen LogP contribution < -0.4 is 10.6 Å². The highest BCUT2D eigenvalue weighted by molar-refractivity contribution is 5.89. The van der Waals surface area contributed by atoms with Gasteiger partial charge in [0.2, 0.25) is 0 Å². The molecule has 1 fully saturated rings. The van der Waals surface area contributed by atoms with E-state index in [2.05, 4.69) is 4.98 Å². The normalized spacial score (nSPS) is 20.5. The predicted octanol–water partition coefficient (Wildman–Crippen LogP) is 0.756. The highest BCUT2D eigenvalue weighted by atomic mass is 16.6. The molecule has 1 aromatic heterocycles. The number of aromatic nitrogens is 1. The van der Waals surface area contributed by atoms with E-state index in [0.29, 0.717) is 19.5 Å². The van der Waals surface area contributed by atoms with Gasteiger partial charge in [-0.3, -0.25) is 9.88 Å². The van der Waals surface area contributed by atoms with Crippen molar-refractivity contribution in [3.05, 3.63) is 24.5 Å². The molecule has 2 rings (SSSR count). The van der Waals surface area contributed by atoms with Gasteiger partial charge in [-0.15, -0.1) is 0 Å². The molecule has 1 unspecified atom stereocenters. The van der Waals surface area contributed by atoms with E-state index in [-0.39, 0.29) is 12.2 Å². The Morgan fingerprint density at radius 3 is 3.20 bits per heavy atom. The number of cyclic esters (lactones) is 1. The first-order valence-electron chi connectivity index (χ1n) is 4.89. The molecule has 2 heterocycles. The van der Waals surface area contributed by atoms with Gasteiger partial charge in [-0.1, -0.05) is 0 Å². The van der Waals surface area contributed by atoms with Gasteiger partial charge in [-0.25, -0.2) is 4.79 Å². The van der Waals surface area contributed by atoms with Crippen molar-refractivity contribution in [2.45, 2.75) is 12.5 Å². The predicted molar refractivity (Wildman–Crippen MR) is 55.5 cm³/mol.